The normalized spacial score (nSPS) is 16.3. The molecule has 0 unspecified atom stereocenters. The lowest BCUT2D eigenvalue weighted by atomic mass is 9.66. The quantitative estimate of drug-likeness (QED) is 0.504. The lowest BCUT2D eigenvalue weighted by Gasteiger charge is -2.40. The fourth-order valence-corrected chi connectivity index (χ4v) is 4.84. The molecule has 4 rings (SSSR count). The number of hydrogen-bond donors (Lipinski definition) is 2. The highest BCUT2D eigenvalue weighted by atomic mass is 16.5. The van der Waals surface area contributed by atoms with Crippen LogP contribution in [0.4, 0.5) is 0 Å². The highest BCUT2D eigenvalue weighted by molar-refractivity contribution is 6.16. The van der Waals surface area contributed by atoms with E-state index in [2.05, 4.69) is 0 Å². The zero-order chi connectivity index (χ0) is 25.5. The molecule has 0 saturated carbocycles. The number of methoxy groups -OCH3 is 5. The Bertz CT molecular complexity index is 1310. The first-order valence-corrected chi connectivity index (χ1v) is 10.9. The van der Waals surface area contributed by atoms with Gasteiger partial charge in [0.25, 0.3) is 0 Å². The van der Waals surface area contributed by atoms with Gasteiger partial charge < -0.3 is 33.9 Å². The summed E-state index contributed by atoms with van der Waals surface area (Å²) in [6.45, 7) is 1.48. The first-order valence-electron chi connectivity index (χ1n) is 10.9. The van der Waals surface area contributed by atoms with Gasteiger partial charge in [-0.15, -0.1) is 0 Å². The Morgan fingerprint density at radius 2 is 1.34 bits per heavy atom. The second kappa shape index (κ2) is 9.13. The third kappa shape index (κ3) is 3.40. The molecule has 0 spiro atoms. The maximum Gasteiger partial charge on any atom is 0.204 e. The minimum atomic E-state index is -2.01. The molecule has 3 aromatic rings. The van der Waals surface area contributed by atoms with Gasteiger partial charge in [-0.25, -0.2) is 0 Å². The summed E-state index contributed by atoms with van der Waals surface area (Å²) in [5.41, 5.74) is 1.08. The van der Waals surface area contributed by atoms with Crippen LogP contribution < -0.4 is 23.7 Å². The predicted octanol–water partition coefficient (Wildman–Crippen LogP) is 3.63. The summed E-state index contributed by atoms with van der Waals surface area (Å²) < 4.78 is 28.0. The number of carbonyl (C=O) groups is 1. The summed E-state index contributed by atoms with van der Waals surface area (Å²) in [6, 6.07) is 10.1. The maximum absolute atomic E-state index is 13.3. The molecule has 35 heavy (non-hydrogen) atoms. The van der Waals surface area contributed by atoms with E-state index in [-0.39, 0.29) is 17.9 Å². The smallest absolute Gasteiger partial charge is 0.204 e. The summed E-state index contributed by atoms with van der Waals surface area (Å²) >= 11 is 0. The van der Waals surface area contributed by atoms with Crippen molar-refractivity contribution in [3.63, 3.8) is 0 Å². The Morgan fingerprint density at radius 3 is 1.91 bits per heavy atom. The number of carbonyl (C=O) groups excluding carboxylic acids is 1. The third-order valence-corrected chi connectivity index (χ3v) is 6.41. The van der Waals surface area contributed by atoms with E-state index < -0.39 is 11.4 Å². The Balaban J connectivity index is 2.09. The fourth-order valence-electron chi connectivity index (χ4n) is 4.84. The van der Waals surface area contributed by atoms with Crippen LogP contribution in [-0.4, -0.2) is 51.5 Å². The van der Waals surface area contributed by atoms with Crippen LogP contribution in [0.2, 0.25) is 0 Å². The molecule has 8 heteroatoms. The largest absolute Gasteiger partial charge is 0.496 e. The van der Waals surface area contributed by atoms with E-state index in [0.29, 0.717) is 50.8 Å². The SMILES string of the molecule is COc1ccc(OC)c(-c2c(OC)ccc([C@]3(O)C(=O)c4cc(C)cc(OC)c43)c2OC)c1CO. The van der Waals surface area contributed by atoms with E-state index in [0.717, 1.165) is 5.56 Å². The molecule has 1 atom stereocenters. The van der Waals surface area contributed by atoms with Gasteiger partial charge in [0, 0.05) is 27.8 Å². The minimum Gasteiger partial charge on any atom is -0.496 e. The van der Waals surface area contributed by atoms with Crippen LogP contribution in [0.1, 0.15) is 32.6 Å². The van der Waals surface area contributed by atoms with Crippen LogP contribution in [0, 0.1) is 6.92 Å². The van der Waals surface area contributed by atoms with E-state index in [9.17, 15) is 15.0 Å². The van der Waals surface area contributed by atoms with Gasteiger partial charge in [-0.3, -0.25) is 4.79 Å². The van der Waals surface area contributed by atoms with Crippen LogP contribution in [0.15, 0.2) is 36.4 Å². The predicted molar refractivity (Wildman–Crippen MR) is 129 cm³/mol. The molecule has 184 valence electrons. The van der Waals surface area contributed by atoms with Crippen molar-refractivity contribution in [2.45, 2.75) is 19.1 Å². The van der Waals surface area contributed by atoms with Gasteiger partial charge in [0.2, 0.25) is 5.78 Å². The van der Waals surface area contributed by atoms with Crippen molar-refractivity contribution >= 4 is 5.78 Å². The summed E-state index contributed by atoms with van der Waals surface area (Å²) in [5.74, 6) is 1.36. The molecule has 1 aliphatic rings. The van der Waals surface area contributed by atoms with E-state index in [1.165, 1.54) is 35.5 Å². The molecule has 0 fully saturated rings. The molecule has 0 aromatic heterocycles. The summed E-state index contributed by atoms with van der Waals surface area (Å²) in [7, 11) is 7.42. The Kier molecular flexibility index (Phi) is 6.36. The highest BCUT2D eigenvalue weighted by Crippen LogP contribution is 2.56. The Labute approximate surface area is 203 Å². The molecule has 8 nitrogen and oxygen atoms in total. The second-order valence-corrected chi connectivity index (χ2v) is 8.13. The highest BCUT2D eigenvalue weighted by Gasteiger charge is 2.56. The second-order valence-electron chi connectivity index (χ2n) is 8.13. The third-order valence-electron chi connectivity index (χ3n) is 6.41. The van der Waals surface area contributed by atoms with Crippen LogP contribution in [0.5, 0.6) is 28.7 Å². The first kappa shape index (κ1) is 24.4. The molecule has 0 amide bonds. The maximum atomic E-state index is 13.3. The number of aliphatic hydroxyl groups is 2. The van der Waals surface area contributed by atoms with Gasteiger partial charge in [-0.2, -0.15) is 0 Å². The molecule has 0 heterocycles. The van der Waals surface area contributed by atoms with Gasteiger partial charge in [0.05, 0.1) is 47.7 Å². The number of Topliss-reactive ketones (excluding diaryl/α,β-unsaturated/α-hetero) is 1. The fraction of sp³-hybridized carbons (Fsp3) is 0.296. The molecule has 2 N–H and O–H groups in total. The van der Waals surface area contributed by atoms with Crippen LogP contribution in [0.25, 0.3) is 11.1 Å². The average Bonchev–Trinajstić information content (AvgIpc) is 2.89. The summed E-state index contributed by atoms with van der Waals surface area (Å²) in [5, 5.41) is 22.1. The van der Waals surface area contributed by atoms with Gasteiger partial charge in [0.1, 0.15) is 28.7 Å². The summed E-state index contributed by atoms with van der Waals surface area (Å²) in [6.07, 6.45) is 0. The minimum absolute atomic E-state index is 0.190. The standard InChI is InChI=1S/C27H28O8/c1-14-11-15-24(21(12-14)34-5)27(30,26(15)29)17-7-8-20(33-4)23(25(17)35-6)22-16(13-28)18(31-2)9-10-19(22)32-3/h7-12,28,30H,13H2,1-6H3/t27-/m1/s1. The molecule has 0 radical (unpaired) electrons. The van der Waals surface area contributed by atoms with Gasteiger partial charge in [-0.05, 0) is 48.9 Å². The molecule has 0 aliphatic heterocycles. The van der Waals surface area contributed by atoms with Crippen LogP contribution in [0.3, 0.4) is 0 Å². The zero-order valence-electron chi connectivity index (χ0n) is 20.5. The number of fused-ring (bicyclic) bond motifs is 1. The Hall–Kier alpha value is -3.75. The molecule has 1 aliphatic carbocycles. The molecular weight excluding hydrogens is 452 g/mol. The van der Waals surface area contributed by atoms with E-state index in [4.69, 9.17) is 23.7 Å². The first-order chi connectivity index (χ1) is 16.8. The number of ketones is 1. The van der Waals surface area contributed by atoms with E-state index in [1.54, 1.807) is 36.4 Å². The van der Waals surface area contributed by atoms with Crippen molar-refractivity contribution in [1.29, 1.82) is 0 Å². The number of aliphatic hydroxyl groups excluding tert-OH is 1. The lowest BCUT2D eigenvalue weighted by Crippen LogP contribution is -2.47. The van der Waals surface area contributed by atoms with Crippen LogP contribution >= 0.6 is 0 Å². The molecule has 3 aromatic carbocycles. The monoisotopic (exact) mass is 480 g/mol. The van der Waals surface area contributed by atoms with Gasteiger partial charge in [-0.1, -0.05) is 0 Å². The summed E-state index contributed by atoms with van der Waals surface area (Å²) in [4.78, 5) is 13.3. The topological polar surface area (TPSA) is 104 Å². The number of ether oxygens (including phenoxy) is 5. The molecule has 0 saturated heterocycles. The Morgan fingerprint density at radius 1 is 0.771 bits per heavy atom. The number of benzene rings is 3. The van der Waals surface area contributed by atoms with Gasteiger partial charge in [0.15, 0.2) is 5.60 Å². The van der Waals surface area contributed by atoms with Crippen LogP contribution in [-0.2, 0) is 12.2 Å². The van der Waals surface area contributed by atoms with Gasteiger partial charge >= 0.3 is 0 Å². The van der Waals surface area contributed by atoms with Crippen molar-refractivity contribution in [1.82, 2.24) is 0 Å². The van der Waals surface area contributed by atoms with E-state index >= 15 is 0 Å². The number of aryl methyl sites for hydroxylation is 1. The molecular formula is C27H28O8. The number of rotatable bonds is 8. The molecule has 0 bridgehead atoms. The lowest BCUT2D eigenvalue weighted by molar-refractivity contribution is 0.0353. The zero-order valence-corrected chi connectivity index (χ0v) is 20.5. The van der Waals surface area contributed by atoms with Crippen molar-refractivity contribution < 1.29 is 38.7 Å². The van der Waals surface area contributed by atoms with E-state index in [1.807, 2.05) is 6.92 Å². The average molecular weight is 481 g/mol. The van der Waals surface area contributed by atoms with Crippen molar-refractivity contribution in [3.05, 3.63) is 64.2 Å². The number of hydrogen-bond acceptors (Lipinski definition) is 8. The van der Waals surface area contributed by atoms with Crippen molar-refractivity contribution in [2.75, 3.05) is 35.5 Å². The van der Waals surface area contributed by atoms with Crippen molar-refractivity contribution in [2.24, 2.45) is 0 Å². The van der Waals surface area contributed by atoms with Crippen molar-refractivity contribution in [3.8, 4) is 39.9 Å².